The lowest BCUT2D eigenvalue weighted by atomic mass is 9.95. The molecular weight excluding hydrogens is 290 g/mol. The van der Waals surface area contributed by atoms with Gasteiger partial charge < -0.3 is 16.0 Å². The molecule has 2 aliphatic heterocycles. The molecule has 2 bridgehead atoms. The molecule has 5 nitrogen and oxygen atoms in total. The summed E-state index contributed by atoms with van der Waals surface area (Å²) in [5.74, 6) is -0.0278. The summed E-state index contributed by atoms with van der Waals surface area (Å²) < 4.78 is 0. The Balaban J connectivity index is 1.56. The standard InChI is InChI=1S/C18H19N3O2/c22-10-19-15-3-1-2-11-8-12(4-6-14(11)15)18(23)21-17-9-13-5-7-16(17)20-13/h1-4,6,8,10,13,16-17,20H,5,7,9H2,(H,19,22)(H,21,23). The van der Waals surface area contributed by atoms with Gasteiger partial charge in [-0.1, -0.05) is 18.2 Å². The molecule has 2 aromatic carbocycles. The van der Waals surface area contributed by atoms with E-state index in [2.05, 4.69) is 16.0 Å². The van der Waals surface area contributed by atoms with E-state index in [1.165, 1.54) is 6.42 Å². The molecule has 3 unspecified atom stereocenters. The van der Waals surface area contributed by atoms with Crippen LogP contribution in [-0.4, -0.2) is 30.4 Å². The number of nitrogens with one attached hydrogen (secondary N) is 3. The normalized spacial score (nSPS) is 25.5. The van der Waals surface area contributed by atoms with Gasteiger partial charge in [0, 0.05) is 34.8 Å². The van der Waals surface area contributed by atoms with E-state index >= 15 is 0 Å². The first-order valence-corrected chi connectivity index (χ1v) is 8.04. The molecule has 0 aromatic heterocycles. The van der Waals surface area contributed by atoms with Crippen molar-refractivity contribution in [3.8, 4) is 0 Å². The number of benzene rings is 2. The molecule has 0 saturated carbocycles. The van der Waals surface area contributed by atoms with Crippen molar-refractivity contribution in [3.63, 3.8) is 0 Å². The van der Waals surface area contributed by atoms with Crippen molar-refractivity contribution in [1.29, 1.82) is 0 Å². The van der Waals surface area contributed by atoms with Crippen molar-refractivity contribution >= 4 is 28.8 Å². The Labute approximate surface area is 134 Å². The predicted molar refractivity (Wildman–Crippen MR) is 89.5 cm³/mol. The minimum Gasteiger partial charge on any atom is -0.348 e. The average molecular weight is 309 g/mol. The van der Waals surface area contributed by atoms with E-state index in [4.69, 9.17) is 0 Å². The highest BCUT2D eigenvalue weighted by Crippen LogP contribution is 2.29. The molecule has 23 heavy (non-hydrogen) atoms. The van der Waals surface area contributed by atoms with E-state index in [9.17, 15) is 9.59 Å². The summed E-state index contributed by atoms with van der Waals surface area (Å²) in [5, 5.41) is 11.2. The monoisotopic (exact) mass is 309 g/mol. The number of anilines is 1. The third-order valence-corrected chi connectivity index (χ3v) is 4.97. The minimum atomic E-state index is -0.0278. The van der Waals surface area contributed by atoms with Crippen LogP contribution in [0.25, 0.3) is 10.8 Å². The van der Waals surface area contributed by atoms with E-state index in [1.54, 1.807) is 0 Å². The smallest absolute Gasteiger partial charge is 0.251 e. The highest BCUT2D eigenvalue weighted by atomic mass is 16.1. The molecule has 2 aliphatic rings. The summed E-state index contributed by atoms with van der Waals surface area (Å²) in [6.07, 6.45) is 4.06. The summed E-state index contributed by atoms with van der Waals surface area (Å²) in [7, 11) is 0. The number of carbonyl (C=O) groups excluding carboxylic acids is 2. The van der Waals surface area contributed by atoms with Gasteiger partial charge in [-0.05, 0) is 42.8 Å². The fourth-order valence-corrected chi connectivity index (χ4v) is 3.85. The van der Waals surface area contributed by atoms with Crippen LogP contribution < -0.4 is 16.0 Å². The van der Waals surface area contributed by atoms with Crippen LogP contribution in [0.1, 0.15) is 29.6 Å². The van der Waals surface area contributed by atoms with Crippen molar-refractivity contribution in [2.75, 3.05) is 5.32 Å². The van der Waals surface area contributed by atoms with Crippen molar-refractivity contribution in [2.24, 2.45) is 0 Å². The lowest BCUT2D eigenvalue weighted by Crippen LogP contribution is -2.42. The van der Waals surface area contributed by atoms with Crippen molar-refractivity contribution < 1.29 is 9.59 Å². The van der Waals surface area contributed by atoms with Gasteiger partial charge in [0.15, 0.2) is 0 Å². The Kier molecular flexibility index (Phi) is 3.50. The second-order valence-electron chi connectivity index (χ2n) is 6.37. The van der Waals surface area contributed by atoms with Crippen LogP contribution in [0.15, 0.2) is 36.4 Å². The van der Waals surface area contributed by atoms with Gasteiger partial charge in [0.05, 0.1) is 0 Å². The fraction of sp³-hybridized carbons (Fsp3) is 0.333. The first-order chi connectivity index (χ1) is 11.2. The SMILES string of the molecule is O=CNc1cccc2cc(C(=O)NC3CC4CCC3N4)ccc12. The van der Waals surface area contributed by atoms with Gasteiger partial charge in [0.1, 0.15) is 0 Å². The molecule has 5 heteroatoms. The molecule has 2 fully saturated rings. The molecule has 0 aliphatic carbocycles. The Morgan fingerprint density at radius 2 is 2.13 bits per heavy atom. The Bertz CT molecular complexity index is 774. The molecule has 4 rings (SSSR count). The van der Waals surface area contributed by atoms with Gasteiger partial charge in [-0.15, -0.1) is 0 Å². The van der Waals surface area contributed by atoms with Crippen LogP contribution in [0.3, 0.4) is 0 Å². The van der Waals surface area contributed by atoms with Crippen LogP contribution in [-0.2, 0) is 4.79 Å². The van der Waals surface area contributed by atoms with Crippen molar-refractivity contribution in [3.05, 3.63) is 42.0 Å². The number of fused-ring (bicyclic) bond motifs is 3. The lowest BCUT2D eigenvalue weighted by molar-refractivity contribution is -0.105. The molecule has 0 radical (unpaired) electrons. The van der Waals surface area contributed by atoms with Crippen LogP contribution in [0.4, 0.5) is 5.69 Å². The number of carbonyl (C=O) groups is 2. The van der Waals surface area contributed by atoms with Gasteiger partial charge >= 0.3 is 0 Å². The van der Waals surface area contributed by atoms with E-state index < -0.39 is 0 Å². The third-order valence-electron chi connectivity index (χ3n) is 4.97. The van der Waals surface area contributed by atoms with Crippen LogP contribution >= 0.6 is 0 Å². The second kappa shape index (κ2) is 5.66. The van der Waals surface area contributed by atoms with Gasteiger partial charge in [-0.3, -0.25) is 9.59 Å². The largest absolute Gasteiger partial charge is 0.348 e. The zero-order chi connectivity index (χ0) is 15.8. The van der Waals surface area contributed by atoms with E-state index in [0.717, 1.165) is 29.3 Å². The molecule has 118 valence electrons. The average Bonchev–Trinajstić information content (AvgIpc) is 3.18. The molecule has 2 aromatic rings. The number of rotatable bonds is 4. The zero-order valence-corrected chi connectivity index (χ0v) is 12.7. The van der Waals surface area contributed by atoms with E-state index in [1.807, 2.05) is 36.4 Å². The van der Waals surface area contributed by atoms with Gasteiger partial charge in [0.2, 0.25) is 6.41 Å². The lowest BCUT2D eigenvalue weighted by Gasteiger charge is -2.21. The first-order valence-electron chi connectivity index (χ1n) is 8.04. The van der Waals surface area contributed by atoms with Crippen LogP contribution in [0.2, 0.25) is 0 Å². The Hall–Kier alpha value is -2.40. The maximum atomic E-state index is 12.5. The number of hydrogen-bond donors (Lipinski definition) is 3. The quantitative estimate of drug-likeness (QED) is 0.757. The molecule has 2 amide bonds. The van der Waals surface area contributed by atoms with Crippen LogP contribution in [0.5, 0.6) is 0 Å². The van der Waals surface area contributed by atoms with Crippen molar-refractivity contribution in [2.45, 2.75) is 37.4 Å². The molecule has 0 spiro atoms. The second-order valence-corrected chi connectivity index (χ2v) is 6.37. The molecule has 3 N–H and O–H groups in total. The van der Waals surface area contributed by atoms with E-state index in [0.29, 0.717) is 24.1 Å². The summed E-state index contributed by atoms with van der Waals surface area (Å²) >= 11 is 0. The number of hydrogen-bond acceptors (Lipinski definition) is 3. The third kappa shape index (κ3) is 2.57. The fourth-order valence-electron chi connectivity index (χ4n) is 3.85. The number of amides is 2. The molecular formula is C18H19N3O2. The van der Waals surface area contributed by atoms with Gasteiger partial charge in [0.25, 0.3) is 5.91 Å². The maximum absolute atomic E-state index is 12.5. The Morgan fingerprint density at radius 3 is 2.87 bits per heavy atom. The van der Waals surface area contributed by atoms with Gasteiger partial charge in [-0.25, -0.2) is 0 Å². The summed E-state index contributed by atoms with van der Waals surface area (Å²) in [6, 6.07) is 12.5. The van der Waals surface area contributed by atoms with Gasteiger partial charge in [-0.2, -0.15) is 0 Å². The summed E-state index contributed by atoms with van der Waals surface area (Å²) in [5.41, 5.74) is 1.41. The summed E-state index contributed by atoms with van der Waals surface area (Å²) in [6.45, 7) is 0. The highest BCUT2D eigenvalue weighted by molar-refractivity contribution is 6.03. The van der Waals surface area contributed by atoms with E-state index in [-0.39, 0.29) is 11.9 Å². The maximum Gasteiger partial charge on any atom is 0.251 e. The predicted octanol–water partition coefficient (Wildman–Crippen LogP) is 2.03. The molecule has 3 atom stereocenters. The first kappa shape index (κ1) is 14.2. The Morgan fingerprint density at radius 1 is 1.22 bits per heavy atom. The minimum absolute atomic E-state index is 0.0278. The van der Waals surface area contributed by atoms with Crippen LogP contribution in [0, 0.1) is 0 Å². The molecule has 2 heterocycles. The molecule has 2 saturated heterocycles. The van der Waals surface area contributed by atoms with Crippen molar-refractivity contribution in [1.82, 2.24) is 10.6 Å². The topological polar surface area (TPSA) is 70.2 Å². The highest BCUT2D eigenvalue weighted by Gasteiger charge is 2.39. The summed E-state index contributed by atoms with van der Waals surface area (Å²) in [4.78, 5) is 23.2. The zero-order valence-electron chi connectivity index (χ0n) is 12.7.